The first kappa shape index (κ1) is 22.0. The number of carbonyl (C=O) groups is 1. The van der Waals surface area contributed by atoms with Crippen molar-refractivity contribution in [3.8, 4) is 11.1 Å². The lowest BCUT2D eigenvalue weighted by Gasteiger charge is -2.40. The summed E-state index contributed by atoms with van der Waals surface area (Å²) in [4.78, 5) is 16.0. The second-order valence-electron chi connectivity index (χ2n) is 9.55. The first-order valence-corrected chi connectivity index (χ1v) is 11.6. The van der Waals surface area contributed by atoms with Gasteiger partial charge in [0.2, 0.25) is 5.91 Å². The summed E-state index contributed by atoms with van der Waals surface area (Å²) in [6.45, 7) is 2.10. The van der Waals surface area contributed by atoms with E-state index in [0.29, 0.717) is 6.04 Å². The van der Waals surface area contributed by atoms with E-state index in [-0.39, 0.29) is 17.4 Å². The summed E-state index contributed by atoms with van der Waals surface area (Å²) in [5.74, 6) is 0.239. The molecule has 1 saturated heterocycles. The molecule has 0 radical (unpaired) electrons. The van der Waals surface area contributed by atoms with Gasteiger partial charge < -0.3 is 15.0 Å². The van der Waals surface area contributed by atoms with Crippen LogP contribution in [0.15, 0.2) is 36.7 Å². The molecule has 4 rings (SSSR count). The Balaban J connectivity index is 1.53. The summed E-state index contributed by atoms with van der Waals surface area (Å²) in [6.07, 6.45) is 10.7. The number of aryl methyl sites for hydroxylation is 1. The van der Waals surface area contributed by atoms with Crippen LogP contribution in [-0.2, 0) is 23.0 Å². The molecule has 31 heavy (non-hydrogen) atoms. The Morgan fingerprint density at radius 1 is 1.16 bits per heavy atom. The average Bonchev–Trinajstić information content (AvgIpc) is 3.22. The standard InChI is InChI=1S/C25H36N4O2/c1-28-13-9-22(10-14-28)27-24(30)25(11-7-23(31-3)8-12-25)16-19-5-4-6-20(15-19)21-17-26-29(2)18-21/h4-6,15,17-18,22-23H,7-14,16H2,1-3H3,(H,27,30). The molecule has 0 unspecified atom stereocenters. The molecule has 0 atom stereocenters. The van der Waals surface area contributed by atoms with Crippen LogP contribution in [0.3, 0.4) is 0 Å². The molecule has 2 heterocycles. The molecule has 1 aromatic carbocycles. The number of rotatable bonds is 6. The highest BCUT2D eigenvalue weighted by molar-refractivity contribution is 5.83. The third kappa shape index (κ3) is 5.18. The molecule has 1 N–H and O–H groups in total. The van der Waals surface area contributed by atoms with E-state index in [1.807, 2.05) is 24.1 Å². The van der Waals surface area contributed by atoms with Crippen LogP contribution in [0.1, 0.15) is 44.1 Å². The molecule has 2 aliphatic rings. The van der Waals surface area contributed by atoms with Crippen molar-refractivity contribution in [3.63, 3.8) is 0 Å². The highest BCUT2D eigenvalue weighted by Crippen LogP contribution is 2.41. The van der Waals surface area contributed by atoms with E-state index in [9.17, 15) is 4.79 Å². The van der Waals surface area contributed by atoms with Crippen LogP contribution in [0, 0.1) is 5.41 Å². The van der Waals surface area contributed by atoms with Gasteiger partial charge in [-0.3, -0.25) is 9.48 Å². The van der Waals surface area contributed by atoms with E-state index >= 15 is 0 Å². The molecule has 0 bridgehead atoms. The lowest BCUT2D eigenvalue weighted by atomic mass is 9.68. The second-order valence-corrected chi connectivity index (χ2v) is 9.55. The fourth-order valence-corrected chi connectivity index (χ4v) is 5.18. The van der Waals surface area contributed by atoms with Crippen molar-refractivity contribution in [1.82, 2.24) is 20.0 Å². The molecule has 1 aliphatic heterocycles. The number of piperidine rings is 1. The summed E-state index contributed by atoms with van der Waals surface area (Å²) in [7, 11) is 5.87. The minimum Gasteiger partial charge on any atom is -0.381 e. The van der Waals surface area contributed by atoms with E-state index in [4.69, 9.17) is 4.74 Å². The van der Waals surface area contributed by atoms with Crippen molar-refractivity contribution in [2.45, 2.75) is 57.1 Å². The Labute approximate surface area is 186 Å². The molecule has 1 aromatic heterocycles. The van der Waals surface area contributed by atoms with Crippen molar-refractivity contribution in [1.29, 1.82) is 0 Å². The van der Waals surface area contributed by atoms with Gasteiger partial charge in [-0.2, -0.15) is 5.10 Å². The Bertz CT molecular complexity index is 877. The number of hydrogen-bond acceptors (Lipinski definition) is 4. The maximum Gasteiger partial charge on any atom is 0.226 e. The van der Waals surface area contributed by atoms with Gasteiger partial charge >= 0.3 is 0 Å². The van der Waals surface area contributed by atoms with Gasteiger partial charge in [-0.05, 0) is 76.2 Å². The highest BCUT2D eigenvalue weighted by atomic mass is 16.5. The van der Waals surface area contributed by atoms with Crippen molar-refractivity contribution < 1.29 is 9.53 Å². The van der Waals surface area contributed by atoms with E-state index < -0.39 is 0 Å². The van der Waals surface area contributed by atoms with Crippen LogP contribution in [0.5, 0.6) is 0 Å². The van der Waals surface area contributed by atoms with E-state index in [1.165, 1.54) is 5.56 Å². The van der Waals surface area contributed by atoms with Gasteiger partial charge in [-0.25, -0.2) is 0 Å². The predicted octanol–water partition coefficient (Wildman–Crippen LogP) is 3.42. The molecular formula is C25H36N4O2. The number of aromatic nitrogens is 2. The van der Waals surface area contributed by atoms with E-state index in [1.54, 1.807) is 7.11 Å². The van der Waals surface area contributed by atoms with Gasteiger partial charge in [-0.15, -0.1) is 0 Å². The summed E-state index contributed by atoms with van der Waals surface area (Å²) >= 11 is 0. The zero-order chi connectivity index (χ0) is 21.8. The fourth-order valence-electron chi connectivity index (χ4n) is 5.18. The Kier molecular flexibility index (Phi) is 6.77. The molecule has 0 spiro atoms. The van der Waals surface area contributed by atoms with E-state index in [2.05, 4.69) is 46.6 Å². The number of nitrogens with zero attached hydrogens (tertiary/aromatic N) is 3. The van der Waals surface area contributed by atoms with Crippen LogP contribution < -0.4 is 5.32 Å². The van der Waals surface area contributed by atoms with Crippen molar-refractivity contribution >= 4 is 5.91 Å². The molecule has 6 heteroatoms. The van der Waals surface area contributed by atoms with E-state index in [0.717, 1.165) is 69.2 Å². The fraction of sp³-hybridized carbons (Fsp3) is 0.600. The maximum absolute atomic E-state index is 13.6. The number of likely N-dealkylation sites (tertiary alicyclic amines) is 1. The highest BCUT2D eigenvalue weighted by Gasteiger charge is 2.42. The third-order valence-corrected chi connectivity index (χ3v) is 7.27. The number of nitrogens with one attached hydrogen (secondary N) is 1. The SMILES string of the molecule is COC1CCC(Cc2cccc(-c3cnn(C)c3)c2)(C(=O)NC2CCN(C)CC2)CC1. The van der Waals surface area contributed by atoms with Crippen molar-refractivity contribution in [2.75, 3.05) is 27.2 Å². The Hall–Kier alpha value is -2.18. The smallest absolute Gasteiger partial charge is 0.226 e. The molecule has 168 valence electrons. The molecular weight excluding hydrogens is 388 g/mol. The average molecular weight is 425 g/mol. The number of carbonyl (C=O) groups excluding carboxylic acids is 1. The summed E-state index contributed by atoms with van der Waals surface area (Å²) in [5, 5.41) is 7.74. The second kappa shape index (κ2) is 9.53. The van der Waals surface area contributed by atoms with Gasteiger partial charge in [0.25, 0.3) is 0 Å². The van der Waals surface area contributed by atoms with Crippen LogP contribution in [0.25, 0.3) is 11.1 Å². The number of methoxy groups -OCH3 is 1. The van der Waals surface area contributed by atoms with Crippen molar-refractivity contribution in [3.05, 3.63) is 42.2 Å². The minimum atomic E-state index is -0.355. The molecule has 2 fully saturated rings. The first-order chi connectivity index (χ1) is 15.0. The zero-order valence-electron chi connectivity index (χ0n) is 19.1. The molecule has 1 aliphatic carbocycles. The monoisotopic (exact) mass is 424 g/mol. The summed E-state index contributed by atoms with van der Waals surface area (Å²) < 4.78 is 7.43. The van der Waals surface area contributed by atoms with Gasteiger partial charge in [-0.1, -0.05) is 24.3 Å². The lowest BCUT2D eigenvalue weighted by Crippen LogP contribution is -2.51. The predicted molar refractivity (Wildman–Crippen MR) is 123 cm³/mol. The van der Waals surface area contributed by atoms with Crippen LogP contribution in [-0.4, -0.2) is 60.0 Å². The third-order valence-electron chi connectivity index (χ3n) is 7.27. The zero-order valence-corrected chi connectivity index (χ0v) is 19.1. The summed E-state index contributed by atoms with van der Waals surface area (Å²) in [5.41, 5.74) is 3.13. The Morgan fingerprint density at radius 2 is 1.90 bits per heavy atom. The van der Waals surface area contributed by atoms with Crippen molar-refractivity contribution in [2.24, 2.45) is 12.5 Å². The Morgan fingerprint density at radius 3 is 2.55 bits per heavy atom. The van der Waals surface area contributed by atoms with Gasteiger partial charge in [0, 0.05) is 32.0 Å². The number of hydrogen-bond donors (Lipinski definition) is 1. The lowest BCUT2D eigenvalue weighted by molar-refractivity contribution is -0.135. The van der Waals surface area contributed by atoms with Gasteiger partial charge in [0.1, 0.15) is 0 Å². The number of amides is 1. The topological polar surface area (TPSA) is 59.4 Å². The molecule has 6 nitrogen and oxygen atoms in total. The maximum atomic E-state index is 13.6. The van der Waals surface area contributed by atoms with Crippen LogP contribution >= 0.6 is 0 Å². The minimum absolute atomic E-state index is 0.239. The quantitative estimate of drug-likeness (QED) is 0.772. The normalized spacial score (nSPS) is 25.5. The molecule has 1 amide bonds. The number of ether oxygens (including phenoxy) is 1. The van der Waals surface area contributed by atoms with Gasteiger partial charge in [0.15, 0.2) is 0 Å². The molecule has 1 saturated carbocycles. The van der Waals surface area contributed by atoms with Crippen LogP contribution in [0.2, 0.25) is 0 Å². The first-order valence-electron chi connectivity index (χ1n) is 11.6. The van der Waals surface area contributed by atoms with Crippen LogP contribution in [0.4, 0.5) is 0 Å². The number of benzene rings is 1. The molecule has 2 aromatic rings. The van der Waals surface area contributed by atoms with Gasteiger partial charge in [0.05, 0.1) is 17.7 Å². The largest absolute Gasteiger partial charge is 0.381 e. The summed E-state index contributed by atoms with van der Waals surface area (Å²) in [6, 6.07) is 8.90.